The van der Waals surface area contributed by atoms with Crippen LogP contribution in [0.15, 0.2) is 0 Å². The summed E-state index contributed by atoms with van der Waals surface area (Å²) in [5, 5.41) is 2.90. The Morgan fingerprint density at radius 2 is 1.88 bits per heavy atom. The molecule has 1 aliphatic heterocycles. The molecule has 1 saturated heterocycles. The van der Waals surface area contributed by atoms with Crippen molar-refractivity contribution in [2.45, 2.75) is 0 Å². The van der Waals surface area contributed by atoms with Gasteiger partial charge in [0.25, 0.3) is 0 Å². The fourth-order valence-electron chi connectivity index (χ4n) is 1.53. The Morgan fingerprint density at radius 3 is 2.44 bits per heavy atom. The van der Waals surface area contributed by atoms with Crippen molar-refractivity contribution in [2.24, 2.45) is 11.8 Å². The van der Waals surface area contributed by atoms with E-state index in [0.717, 1.165) is 0 Å². The summed E-state index contributed by atoms with van der Waals surface area (Å²) in [4.78, 5) is 22.9. The number of rotatable bonds is 3. The highest BCUT2D eigenvalue weighted by Gasteiger charge is 2.39. The molecule has 1 fully saturated rings. The summed E-state index contributed by atoms with van der Waals surface area (Å²) in [5.74, 6) is -0.133. The Hall–Kier alpha value is -1.98. The molecule has 2 atom stereocenters. The molecular formula is C11H11NO4. The maximum atomic E-state index is 11.5. The Morgan fingerprint density at radius 1 is 1.25 bits per heavy atom. The second kappa shape index (κ2) is 5.79. The van der Waals surface area contributed by atoms with Crippen molar-refractivity contribution >= 4 is 11.9 Å². The molecule has 0 saturated carbocycles. The number of ether oxygens (including phenoxy) is 2. The molecule has 2 unspecified atom stereocenters. The van der Waals surface area contributed by atoms with Crippen LogP contribution in [0.5, 0.6) is 0 Å². The first kappa shape index (κ1) is 12.1. The molecular weight excluding hydrogens is 210 g/mol. The van der Waals surface area contributed by atoms with Gasteiger partial charge in [0.15, 0.2) is 6.61 Å². The fourth-order valence-corrected chi connectivity index (χ4v) is 1.53. The first-order valence-electron chi connectivity index (χ1n) is 4.67. The number of terminal acetylenes is 2. The Labute approximate surface area is 93.5 Å². The first-order valence-corrected chi connectivity index (χ1v) is 4.67. The molecule has 1 N–H and O–H groups in total. The summed E-state index contributed by atoms with van der Waals surface area (Å²) in [6.07, 6.45) is 11.6. The predicted octanol–water partition coefficient (Wildman–Crippen LogP) is -0.868. The van der Waals surface area contributed by atoms with Gasteiger partial charge in [0.1, 0.15) is 6.11 Å². The summed E-state index contributed by atoms with van der Waals surface area (Å²) >= 11 is 0. The van der Waals surface area contributed by atoms with E-state index in [1.54, 1.807) is 6.11 Å². The Bertz CT molecular complexity index is 363. The monoisotopic (exact) mass is 221 g/mol. The molecule has 1 aliphatic rings. The third-order valence-electron chi connectivity index (χ3n) is 2.28. The lowest BCUT2D eigenvalue weighted by atomic mass is 9.96. The molecule has 0 amide bonds. The van der Waals surface area contributed by atoms with Crippen LogP contribution < -0.4 is 5.32 Å². The zero-order valence-electron chi connectivity index (χ0n) is 8.56. The average molecular weight is 221 g/mol. The van der Waals surface area contributed by atoms with E-state index in [1.807, 2.05) is 0 Å². The highest BCUT2D eigenvalue weighted by Crippen LogP contribution is 2.19. The maximum absolute atomic E-state index is 11.5. The quantitative estimate of drug-likeness (QED) is 0.496. The lowest BCUT2D eigenvalue weighted by molar-refractivity contribution is -0.154. The van der Waals surface area contributed by atoms with E-state index < -0.39 is 23.8 Å². The Balaban J connectivity index is 2.59. The van der Waals surface area contributed by atoms with E-state index in [-0.39, 0.29) is 6.61 Å². The van der Waals surface area contributed by atoms with Crippen molar-refractivity contribution in [3.63, 3.8) is 0 Å². The number of hydrogen-bond donors (Lipinski definition) is 1. The molecule has 5 heteroatoms. The molecule has 1 rings (SSSR count). The van der Waals surface area contributed by atoms with Crippen LogP contribution in [0.1, 0.15) is 0 Å². The lowest BCUT2D eigenvalue weighted by Crippen LogP contribution is -2.30. The Kier molecular flexibility index (Phi) is 4.38. The van der Waals surface area contributed by atoms with Crippen molar-refractivity contribution < 1.29 is 19.1 Å². The molecule has 5 nitrogen and oxygen atoms in total. The highest BCUT2D eigenvalue weighted by molar-refractivity contribution is 5.83. The number of nitrogens with one attached hydrogen (secondary N) is 1. The van der Waals surface area contributed by atoms with E-state index in [9.17, 15) is 9.59 Å². The van der Waals surface area contributed by atoms with Gasteiger partial charge in [-0.25, -0.2) is 0 Å². The van der Waals surface area contributed by atoms with Crippen LogP contribution in [-0.4, -0.2) is 31.6 Å². The molecule has 0 radical (unpaired) electrons. The van der Waals surface area contributed by atoms with E-state index in [0.29, 0.717) is 13.1 Å². The predicted molar refractivity (Wildman–Crippen MR) is 54.6 cm³/mol. The molecule has 0 aliphatic carbocycles. The van der Waals surface area contributed by atoms with Gasteiger partial charge in [0, 0.05) is 13.1 Å². The number of hydrogen-bond acceptors (Lipinski definition) is 5. The van der Waals surface area contributed by atoms with Crippen molar-refractivity contribution in [1.29, 1.82) is 0 Å². The summed E-state index contributed by atoms with van der Waals surface area (Å²) < 4.78 is 9.17. The summed E-state index contributed by atoms with van der Waals surface area (Å²) in [6, 6.07) is 0. The smallest absolute Gasteiger partial charge is 0.325 e. The standard InChI is InChI=1S/C11H11NO4/c1-3-5-16-11(14)9-7-12-6-8(9)10(13)15-4-2/h1-2,8-9,12H,5-7H2. The molecule has 0 spiro atoms. The largest absolute Gasteiger partial charge is 0.452 e. The van der Waals surface area contributed by atoms with Crippen LogP contribution in [0, 0.1) is 36.7 Å². The van der Waals surface area contributed by atoms with Gasteiger partial charge in [-0.15, -0.1) is 6.42 Å². The van der Waals surface area contributed by atoms with Crippen LogP contribution in [-0.2, 0) is 19.1 Å². The van der Waals surface area contributed by atoms with Gasteiger partial charge in [-0.05, 0) is 0 Å². The van der Waals surface area contributed by atoms with Gasteiger partial charge >= 0.3 is 11.9 Å². The molecule has 0 bridgehead atoms. The second-order valence-corrected chi connectivity index (χ2v) is 3.22. The van der Waals surface area contributed by atoms with Gasteiger partial charge < -0.3 is 14.8 Å². The minimum absolute atomic E-state index is 0.105. The lowest BCUT2D eigenvalue weighted by Gasteiger charge is -2.13. The van der Waals surface area contributed by atoms with E-state index in [2.05, 4.69) is 16.0 Å². The first-order chi connectivity index (χ1) is 7.70. The van der Waals surface area contributed by atoms with Gasteiger partial charge in [-0.1, -0.05) is 12.3 Å². The summed E-state index contributed by atoms with van der Waals surface area (Å²) in [6.45, 7) is 0.594. The van der Waals surface area contributed by atoms with E-state index >= 15 is 0 Å². The second-order valence-electron chi connectivity index (χ2n) is 3.22. The minimum Gasteiger partial charge on any atom is -0.452 e. The van der Waals surface area contributed by atoms with Gasteiger partial charge in [0.2, 0.25) is 0 Å². The topological polar surface area (TPSA) is 64.6 Å². The van der Waals surface area contributed by atoms with Gasteiger partial charge in [-0.3, -0.25) is 9.59 Å². The summed E-state index contributed by atoms with van der Waals surface area (Å²) in [5.41, 5.74) is 0. The molecule has 16 heavy (non-hydrogen) atoms. The third-order valence-corrected chi connectivity index (χ3v) is 2.28. The minimum atomic E-state index is -0.610. The SMILES string of the molecule is C#CCOC(=O)C1CNCC1C(=O)OC#C. The van der Waals surface area contributed by atoms with Crippen molar-refractivity contribution in [1.82, 2.24) is 5.32 Å². The number of carbonyl (C=O) groups excluding carboxylic acids is 2. The van der Waals surface area contributed by atoms with Crippen LogP contribution in [0.25, 0.3) is 0 Å². The fraction of sp³-hybridized carbons (Fsp3) is 0.455. The maximum Gasteiger partial charge on any atom is 0.325 e. The zero-order chi connectivity index (χ0) is 12.0. The number of carbonyl (C=O) groups is 2. The zero-order valence-corrected chi connectivity index (χ0v) is 8.56. The van der Waals surface area contributed by atoms with Crippen molar-refractivity contribution in [3.8, 4) is 24.9 Å². The summed E-state index contributed by atoms with van der Waals surface area (Å²) in [7, 11) is 0. The molecule has 1 heterocycles. The van der Waals surface area contributed by atoms with E-state index in [4.69, 9.17) is 17.6 Å². The molecule has 84 valence electrons. The third kappa shape index (κ3) is 2.75. The van der Waals surface area contributed by atoms with Crippen molar-refractivity contribution in [3.05, 3.63) is 0 Å². The highest BCUT2D eigenvalue weighted by atomic mass is 16.5. The van der Waals surface area contributed by atoms with E-state index in [1.165, 1.54) is 0 Å². The van der Waals surface area contributed by atoms with Crippen LogP contribution in [0.3, 0.4) is 0 Å². The molecule has 0 aromatic heterocycles. The van der Waals surface area contributed by atoms with Crippen LogP contribution in [0.4, 0.5) is 0 Å². The number of esters is 2. The average Bonchev–Trinajstić information content (AvgIpc) is 2.75. The van der Waals surface area contributed by atoms with Gasteiger partial charge in [-0.2, -0.15) is 0 Å². The molecule has 0 aromatic carbocycles. The normalized spacial score (nSPS) is 22.9. The van der Waals surface area contributed by atoms with Crippen molar-refractivity contribution in [2.75, 3.05) is 19.7 Å². The van der Waals surface area contributed by atoms with Gasteiger partial charge in [0.05, 0.1) is 11.8 Å². The van der Waals surface area contributed by atoms with Crippen LogP contribution >= 0.6 is 0 Å². The molecule has 0 aromatic rings. The van der Waals surface area contributed by atoms with Crippen LogP contribution in [0.2, 0.25) is 0 Å².